The Balaban J connectivity index is 1.76. The predicted octanol–water partition coefficient (Wildman–Crippen LogP) is 3.25. The van der Waals surface area contributed by atoms with Crippen molar-refractivity contribution in [2.75, 3.05) is 6.54 Å². The van der Waals surface area contributed by atoms with E-state index in [4.69, 9.17) is 4.74 Å². The van der Waals surface area contributed by atoms with Crippen molar-refractivity contribution in [3.8, 4) is 5.75 Å². The van der Waals surface area contributed by atoms with Crippen molar-refractivity contribution in [1.29, 1.82) is 0 Å². The number of ether oxygens (including phenoxy) is 1. The Labute approximate surface area is 160 Å². The van der Waals surface area contributed by atoms with Crippen molar-refractivity contribution >= 4 is 23.7 Å². The second-order valence-corrected chi connectivity index (χ2v) is 5.94. The fraction of sp³-hybridized carbons (Fsp3) is 0.100. The van der Waals surface area contributed by atoms with Gasteiger partial charge in [-0.05, 0) is 29.8 Å². The van der Waals surface area contributed by atoms with Crippen molar-refractivity contribution in [2.45, 2.75) is 6.61 Å². The maximum absolute atomic E-state index is 12.3. The van der Waals surface area contributed by atoms with Gasteiger partial charge in [-0.25, -0.2) is 4.79 Å². The monoisotopic (exact) mass is 379 g/mol. The highest BCUT2D eigenvalue weighted by Crippen LogP contribution is 2.24. The number of amides is 3. The van der Waals surface area contributed by atoms with E-state index in [1.54, 1.807) is 42.5 Å². The van der Waals surface area contributed by atoms with Gasteiger partial charge in [-0.3, -0.25) is 19.8 Å². The highest BCUT2D eigenvalue weighted by atomic mass is 16.6. The fourth-order valence-corrected chi connectivity index (χ4v) is 2.63. The second kappa shape index (κ2) is 8.17. The molecule has 3 rings (SSSR count). The number of hydrogen-bond donors (Lipinski definition) is 1. The standard InChI is InChI=1S/C20H17N3O5/c1-2-11-22-19(24)17(21-20(22)25)12-15-5-3-4-6-18(15)28-13-14-7-9-16(10-8-14)23(26)27/h2-10,12H,1,11,13H2,(H,21,25)/b17-12+. The molecular weight excluding hydrogens is 362 g/mol. The molecule has 1 saturated heterocycles. The lowest BCUT2D eigenvalue weighted by Crippen LogP contribution is -2.30. The Morgan fingerprint density at radius 2 is 1.86 bits per heavy atom. The molecular formula is C20H17N3O5. The molecule has 1 aliphatic heterocycles. The van der Waals surface area contributed by atoms with Crippen LogP contribution in [0.15, 0.2) is 66.9 Å². The highest BCUT2D eigenvalue weighted by molar-refractivity contribution is 6.14. The molecule has 3 amide bonds. The average Bonchev–Trinajstić information content (AvgIpc) is 2.95. The number of nitrogens with zero attached hydrogens (tertiary/aromatic N) is 2. The van der Waals surface area contributed by atoms with E-state index in [0.29, 0.717) is 11.3 Å². The molecule has 0 spiro atoms. The molecule has 0 unspecified atom stereocenters. The fourth-order valence-electron chi connectivity index (χ4n) is 2.63. The van der Waals surface area contributed by atoms with Crippen LogP contribution in [0.3, 0.4) is 0 Å². The number of urea groups is 1. The number of non-ortho nitro benzene ring substituents is 1. The summed E-state index contributed by atoms with van der Waals surface area (Å²) >= 11 is 0. The lowest BCUT2D eigenvalue weighted by atomic mass is 10.1. The van der Waals surface area contributed by atoms with Crippen molar-refractivity contribution < 1.29 is 19.2 Å². The Bertz CT molecular complexity index is 966. The summed E-state index contributed by atoms with van der Waals surface area (Å²) in [5, 5.41) is 13.3. The number of nitro groups is 1. The van der Waals surface area contributed by atoms with Crippen LogP contribution in [0.1, 0.15) is 11.1 Å². The topological polar surface area (TPSA) is 102 Å². The molecule has 0 aliphatic carbocycles. The molecule has 8 heteroatoms. The number of rotatable bonds is 7. The van der Waals surface area contributed by atoms with E-state index < -0.39 is 16.9 Å². The summed E-state index contributed by atoms with van der Waals surface area (Å²) in [6.45, 7) is 3.85. The van der Waals surface area contributed by atoms with Crippen molar-refractivity contribution in [3.63, 3.8) is 0 Å². The molecule has 142 valence electrons. The van der Waals surface area contributed by atoms with Crippen molar-refractivity contribution in [3.05, 3.63) is 88.1 Å². The van der Waals surface area contributed by atoms with Crippen LogP contribution in [0.5, 0.6) is 5.75 Å². The van der Waals surface area contributed by atoms with E-state index in [0.717, 1.165) is 10.5 Å². The zero-order valence-electron chi connectivity index (χ0n) is 14.8. The molecule has 0 bridgehead atoms. The predicted molar refractivity (Wildman–Crippen MR) is 102 cm³/mol. The van der Waals surface area contributed by atoms with Gasteiger partial charge in [0.05, 0.1) is 4.92 Å². The third-order valence-electron chi connectivity index (χ3n) is 4.03. The molecule has 2 aromatic rings. The molecule has 1 N–H and O–H groups in total. The normalized spacial score (nSPS) is 14.9. The van der Waals surface area contributed by atoms with E-state index in [2.05, 4.69) is 11.9 Å². The van der Waals surface area contributed by atoms with Gasteiger partial charge in [0.1, 0.15) is 18.1 Å². The van der Waals surface area contributed by atoms with Gasteiger partial charge in [0.25, 0.3) is 11.6 Å². The largest absolute Gasteiger partial charge is 0.488 e. The molecule has 0 radical (unpaired) electrons. The lowest BCUT2D eigenvalue weighted by molar-refractivity contribution is -0.384. The van der Waals surface area contributed by atoms with Crippen LogP contribution in [-0.4, -0.2) is 28.3 Å². The first-order valence-corrected chi connectivity index (χ1v) is 8.40. The molecule has 28 heavy (non-hydrogen) atoms. The Morgan fingerprint density at radius 1 is 1.14 bits per heavy atom. The SMILES string of the molecule is C=CCN1C(=O)N/C(=C/c2ccccc2OCc2ccc([N+](=O)[O-])cc2)C1=O. The van der Waals surface area contributed by atoms with Gasteiger partial charge < -0.3 is 10.1 Å². The summed E-state index contributed by atoms with van der Waals surface area (Å²) in [7, 11) is 0. The summed E-state index contributed by atoms with van der Waals surface area (Å²) in [5.74, 6) is 0.0765. The number of carbonyl (C=O) groups excluding carboxylic acids is 2. The van der Waals surface area contributed by atoms with Crippen molar-refractivity contribution in [1.82, 2.24) is 10.2 Å². The zero-order chi connectivity index (χ0) is 20.1. The van der Waals surface area contributed by atoms with Crippen LogP contribution in [-0.2, 0) is 11.4 Å². The number of nitrogens with one attached hydrogen (secondary N) is 1. The minimum absolute atomic E-state index is 0.00782. The summed E-state index contributed by atoms with van der Waals surface area (Å²) in [6.07, 6.45) is 3.02. The molecule has 2 aromatic carbocycles. The molecule has 8 nitrogen and oxygen atoms in total. The number of carbonyl (C=O) groups is 2. The van der Waals surface area contributed by atoms with E-state index in [1.165, 1.54) is 18.2 Å². The van der Waals surface area contributed by atoms with E-state index in [1.807, 2.05) is 0 Å². The molecule has 0 aromatic heterocycles. The highest BCUT2D eigenvalue weighted by Gasteiger charge is 2.32. The average molecular weight is 379 g/mol. The first-order valence-electron chi connectivity index (χ1n) is 8.40. The van der Waals surface area contributed by atoms with Gasteiger partial charge in [0.15, 0.2) is 0 Å². The number of para-hydroxylation sites is 1. The van der Waals surface area contributed by atoms with Crippen LogP contribution in [0.25, 0.3) is 6.08 Å². The first kappa shape index (κ1) is 18.8. The second-order valence-electron chi connectivity index (χ2n) is 5.94. The Kier molecular flexibility index (Phi) is 5.50. The van der Waals surface area contributed by atoms with Gasteiger partial charge in [-0.15, -0.1) is 6.58 Å². The summed E-state index contributed by atoms with van der Waals surface area (Å²) in [4.78, 5) is 35.5. The van der Waals surface area contributed by atoms with Crippen molar-refractivity contribution in [2.24, 2.45) is 0 Å². The summed E-state index contributed by atoms with van der Waals surface area (Å²) < 4.78 is 5.80. The van der Waals surface area contributed by atoms with Crippen LogP contribution in [0, 0.1) is 10.1 Å². The molecule has 1 aliphatic rings. The third kappa shape index (κ3) is 4.07. The van der Waals surface area contributed by atoms with Crippen LogP contribution in [0.2, 0.25) is 0 Å². The minimum atomic E-state index is -0.500. The minimum Gasteiger partial charge on any atom is -0.488 e. The Hall–Kier alpha value is -3.94. The number of benzene rings is 2. The number of nitro benzene ring substituents is 1. The molecule has 1 fully saturated rings. The van der Waals surface area contributed by atoms with Gasteiger partial charge in [-0.1, -0.05) is 24.3 Å². The van der Waals surface area contributed by atoms with Gasteiger partial charge in [-0.2, -0.15) is 0 Å². The smallest absolute Gasteiger partial charge is 0.329 e. The molecule has 0 atom stereocenters. The first-order chi connectivity index (χ1) is 13.5. The van der Waals surface area contributed by atoms with Crippen LogP contribution < -0.4 is 10.1 Å². The maximum Gasteiger partial charge on any atom is 0.329 e. The Morgan fingerprint density at radius 3 is 2.54 bits per heavy atom. The number of hydrogen-bond acceptors (Lipinski definition) is 5. The van der Waals surface area contributed by atoms with E-state index in [-0.39, 0.29) is 24.5 Å². The molecule has 0 saturated carbocycles. The van der Waals surface area contributed by atoms with Gasteiger partial charge >= 0.3 is 6.03 Å². The third-order valence-corrected chi connectivity index (χ3v) is 4.03. The number of imide groups is 1. The summed E-state index contributed by atoms with van der Waals surface area (Å²) in [6, 6.07) is 12.6. The van der Waals surface area contributed by atoms with Crippen LogP contribution >= 0.6 is 0 Å². The van der Waals surface area contributed by atoms with Gasteiger partial charge in [0.2, 0.25) is 0 Å². The summed E-state index contributed by atoms with van der Waals surface area (Å²) in [5.41, 5.74) is 1.54. The lowest BCUT2D eigenvalue weighted by Gasteiger charge is -2.10. The quantitative estimate of drug-likeness (QED) is 0.262. The zero-order valence-corrected chi connectivity index (χ0v) is 14.8. The maximum atomic E-state index is 12.3. The van der Waals surface area contributed by atoms with E-state index in [9.17, 15) is 19.7 Å². The van der Waals surface area contributed by atoms with Gasteiger partial charge in [0, 0.05) is 24.2 Å². The van der Waals surface area contributed by atoms with Crippen LogP contribution in [0.4, 0.5) is 10.5 Å². The van der Waals surface area contributed by atoms with E-state index >= 15 is 0 Å². The molecule has 1 heterocycles.